The van der Waals surface area contributed by atoms with Gasteiger partial charge in [-0.1, -0.05) is 0 Å². The minimum absolute atomic E-state index is 0.313. The molecule has 0 aromatic rings. The van der Waals surface area contributed by atoms with Gasteiger partial charge in [-0.25, -0.2) is 4.79 Å². The molecule has 0 spiro atoms. The Kier molecular flexibility index (Phi) is 1.20. The first-order chi connectivity index (χ1) is 9.40. The Morgan fingerprint density at radius 3 is 2.36 bits per heavy atom. The molecule has 1 fully saturated rings. The monoisotopic (exact) mass is 207 g/mol. The molecule has 80 valence electrons. The van der Waals surface area contributed by atoms with Crippen molar-refractivity contribution in [1.82, 2.24) is 4.90 Å². The second-order valence-corrected chi connectivity index (χ2v) is 3.62. The van der Waals surface area contributed by atoms with Gasteiger partial charge in [0.15, 0.2) is 0 Å². The van der Waals surface area contributed by atoms with Crippen molar-refractivity contribution in [3.8, 4) is 0 Å². The maximum absolute atomic E-state index is 12.1. The van der Waals surface area contributed by atoms with E-state index in [2.05, 4.69) is 0 Å². The zero-order valence-electron chi connectivity index (χ0n) is 16.2. The van der Waals surface area contributed by atoms with Crippen LogP contribution in [-0.4, -0.2) is 35.4 Å². The number of Topliss-reactive ketones (excluding diaryl/α,β-unsaturated/α-hetero) is 1. The van der Waals surface area contributed by atoms with Gasteiger partial charge in [0.05, 0.1) is 0 Å². The third kappa shape index (κ3) is 3.36. The fraction of sp³-hybridized carbons (Fsp3) is 0.800. The van der Waals surface area contributed by atoms with E-state index in [9.17, 15) is 9.59 Å². The lowest BCUT2D eigenvalue weighted by Crippen LogP contribution is -2.41. The summed E-state index contributed by atoms with van der Waals surface area (Å²) >= 11 is 0. The van der Waals surface area contributed by atoms with Crippen LogP contribution in [0.15, 0.2) is 0 Å². The van der Waals surface area contributed by atoms with E-state index < -0.39 is 43.2 Å². The quantitative estimate of drug-likeness (QED) is 0.606. The van der Waals surface area contributed by atoms with Crippen molar-refractivity contribution in [2.24, 2.45) is 0 Å². The average Bonchev–Trinajstić information content (AvgIpc) is 2.22. The van der Waals surface area contributed by atoms with E-state index in [4.69, 9.17) is 15.7 Å². The molecule has 0 aliphatic carbocycles. The molecule has 0 bridgehead atoms. The van der Waals surface area contributed by atoms with E-state index in [-0.39, 0.29) is 4.90 Å². The number of nitrogens with zero attached hydrogens (tertiary/aromatic N) is 1. The maximum Gasteiger partial charge on any atom is 0.410 e. The van der Waals surface area contributed by atoms with Gasteiger partial charge in [-0.3, -0.25) is 4.79 Å². The molecule has 0 aromatic carbocycles. The Morgan fingerprint density at radius 2 is 1.93 bits per heavy atom. The standard InChI is InChI=1S/C10H17NO3/c1-10(2,3)14-9(13)11-6-4-8(12)5-7-11/h4-7H2,1-3H3/i4D2,5D2,6D2,7D2. The van der Waals surface area contributed by atoms with E-state index in [1.54, 1.807) is 0 Å². The number of hydrogen-bond donors (Lipinski definition) is 0. The minimum atomic E-state index is -3.45. The van der Waals surface area contributed by atoms with Crippen LogP contribution < -0.4 is 0 Å². The van der Waals surface area contributed by atoms with E-state index >= 15 is 0 Å². The van der Waals surface area contributed by atoms with Crippen molar-refractivity contribution in [3.05, 3.63) is 0 Å². The number of ether oxygens (including phenoxy) is 1. The number of carbonyl (C=O) groups is 2. The van der Waals surface area contributed by atoms with Gasteiger partial charge in [0.2, 0.25) is 0 Å². The van der Waals surface area contributed by atoms with Crippen LogP contribution in [-0.2, 0) is 9.53 Å². The molecule has 4 heteroatoms. The van der Waals surface area contributed by atoms with E-state index in [1.807, 2.05) is 0 Å². The Morgan fingerprint density at radius 1 is 1.43 bits per heavy atom. The Balaban J connectivity index is 3.51. The highest BCUT2D eigenvalue weighted by atomic mass is 16.6. The molecule has 1 rings (SSSR count). The van der Waals surface area contributed by atoms with E-state index in [0.717, 1.165) is 0 Å². The smallest absolute Gasteiger partial charge is 0.410 e. The van der Waals surface area contributed by atoms with Gasteiger partial charge in [-0.05, 0) is 20.8 Å². The summed E-state index contributed by atoms with van der Waals surface area (Å²) in [6.07, 6.45) is -8.49. The van der Waals surface area contributed by atoms with Crippen molar-refractivity contribution in [2.45, 2.75) is 39.1 Å². The highest BCUT2D eigenvalue weighted by molar-refractivity contribution is 5.81. The largest absolute Gasteiger partial charge is 0.444 e. The zero-order valence-corrected chi connectivity index (χ0v) is 8.17. The van der Waals surface area contributed by atoms with Gasteiger partial charge in [0, 0.05) is 36.7 Å². The third-order valence-corrected chi connectivity index (χ3v) is 1.14. The summed E-state index contributed by atoms with van der Waals surface area (Å²) in [6.45, 7) is -2.58. The molecule has 1 aliphatic rings. The molecule has 1 heterocycles. The molecule has 0 saturated carbocycles. The molecule has 0 unspecified atom stereocenters. The Hall–Kier alpha value is -1.06. The fourth-order valence-electron chi connectivity index (χ4n) is 0.671. The summed E-state index contributed by atoms with van der Waals surface area (Å²) < 4.78 is 65.6. The first kappa shape index (κ1) is 4.21. The predicted molar refractivity (Wildman–Crippen MR) is 52.0 cm³/mol. The summed E-state index contributed by atoms with van der Waals surface area (Å²) in [7, 11) is 0. The molecule has 1 saturated heterocycles. The molecule has 14 heavy (non-hydrogen) atoms. The fourth-order valence-corrected chi connectivity index (χ4v) is 0.671. The lowest BCUT2D eigenvalue weighted by atomic mass is 10.1. The summed E-state index contributed by atoms with van der Waals surface area (Å²) in [5.41, 5.74) is -1.15. The molecular formula is C10H17NO3. The molecule has 0 radical (unpaired) electrons. The van der Waals surface area contributed by atoms with E-state index in [1.165, 1.54) is 20.8 Å². The van der Waals surface area contributed by atoms with Crippen molar-refractivity contribution in [1.29, 1.82) is 0 Å². The van der Waals surface area contributed by atoms with E-state index in [0.29, 0.717) is 0 Å². The number of piperidine rings is 1. The first-order valence-electron chi connectivity index (χ1n) is 7.99. The number of amides is 1. The van der Waals surface area contributed by atoms with Crippen molar-refractivity contribution in [2.75, 3.05) is 13.0 Å². The lowest BCUT2D eigenvalue weighted by molar-refractivity contribution is -0.121. The van der Waals surface area contributed by atoms with Gasteiger partial charge >= 0.3 is 6.09 Å². The van der Waals surface area contributed by atoms with Crippen LogP contribution in [0.25, 0.3) is 0 Å². The molecular weight excluding hydrogens is 182 g/mol. The molecule has 0 aromatic heterocycles. The number of likely N-dealkylation sites (tertiary alicyclic amines) is 1. The van der Waals surface area contributed by atoms with Crippen LogP contribution in [0.2, 0.25) is 0 Å². The minimum Gasteiger partial charge on any atom is -0.444 e. The zero-order chi connectivity index (χ0) is 17.9. The highest BCUT2D eigenvalue weighted by Gasteiger charge is 2.25. The van der Waals surface area contributed by atoms with Crippen LogP contribution in [0.5, 0.6) is 0 Å². The predicted octanol–water partition coefficient (Wildman–Crippen LogP) is 1.59. The van der Waals surface area contributed by atoms with Crippen LogP contribution >= 0.6 is 0 Å². The van der Waals surface area contributed by atoms with Gasteiger partial charge in [-0.15, -0.1) is 0 Å². The normalized spacial score (nSPS) is 41.1. The molecule has 1 amide bonds. The van der Waals surface area contributed by atoms with Gasteiger partial charge < -0.3 is 9.64 Å². The van der Waals surface area contributed by atoms with Gasteiger partial charge in [0.1, 0.15) is 11.4 Å². The van der Waals surface area contributed by atoms with Crippen LogP contribution in [0.1, 0.15) is 44.5 Å². The highest BCUT2D eigenvalue weighted by Crippen LogP contribution is 2.13. The molecule has 0 N–H and O–H groups in total. The maximum atomic E-state index is 12.1. The summed E-state index contributed by atoms with van der Waals surface area (Å²) in [6, 6.07) is 0. The number of ketones is 1. The SMILES string of the molecule is [2H]C1([2H])C(=O)C([2H])([2H])C([2H])([2H])N(C(=O)OC(C)(C)C)C1([2H])[2H]. The first-order valence-corrected chi connectivity index (χ1v) is 3.99. The van der Waals surface area contributed by atoms with Gasteiger partial charge in [-0.2, -0.15) is 0 Å². The Labute approximate surface area is 95.5 Å². The van der Waals surface area contributed by atoms with Gasteiger partial charge in [0.25, 0.3) is 0 Å². The van der Waals surface area contributed by atoms with Crippen molar-refractivity contribution >= 4 is 11.9 Å². The molecule has 0 atom stereocenters. The van der Waals surface area contributed by atoms with Crippen molar-refractivity contribution in [3.63, 3.8) is 0 Å². The molecule has 4 nitrogen and oxygen atoms in total. The van der Waals surface area contributed by atoms with Crippen LogP contribution in [0, 0.1) is 0 Å². The number of rotatable bonds is 0. The number of carbonyl (C=O) groups excluding carboxylic acids is 2. The lowest BCUT2D eigenvalue weighted by Gasteiger charge is -2.29. The molecule has 1 aliphatic heterocycles. The topological polar surface area (TPSA) is 46.6 Å². The summed E-state index contributed by atoms with van der Waals surface area (Å²) in [5, 5.41) is 0. The second kappa shape index (κ2) is 3.98. The van der Waals surface area contributed by atoms with Crippen molar-refractivity contribution < 1.29 is 25.3 Å². The van der Waals surface area contributed by atoms with Crippen LogP contribution in [0.4, 0.5) is 4.79 Å². The second-order valence-electron chi connectivity index (χ2n) is 3.62. The third-order valence-electron chi connectivity index (χ3n) is 1.14. The van der Waals surface area contributed by atoms with Crippen LogP contribution in [0.3, 0.4) is 0 Å². The average molecular weight is 207 g/mol. The summed E-state index contributed by atoms with van der Waals surface area (Å²) in [5.74, 6) is -1.91. The number of hydrogen-bond acceptors (Lipinski definition) is 3. The Bertz CT molecular complexity index is 481. The summed E-state index contributed by atoms with van der Waals surface area (Å²) in [4.78, 5) is 23.6.